The van der Waals surface area contributed by atoms with Gasteiger partial charge in [0.1, 0.15) is 24.0 Å². The van der Waals surface area contributed by atoms with E-state index in [0.29, 0.717) is 23.7 Å². The minimum absolute atomic E-state index is 0.104. The molecule has 0 aliphatic rings. The number of hydrogen-bond acceptors (Lipinski definition) is 8. The van der Waals surface area contributed by atoms with Crippen molar-refractivity contribution >= 4 is 28.8 Å². The van der Waals surface area contributed by atoms with Crippen molar-refractivity contribution in [1.29, 1.82) is 0 Å². The Morgan fingerprint density at radius 3 is 2.60 bits per heavy atom. The van der Waals surface area contributed by atoms with Gasteiger partial charge in [-0.15, -0.1) is 10.2 Å². The minimum atomic E-state index is -0.334. The number of nitrogens with one attached hydrogen (secondary N) is 2. The van der Waals surface area contributed by atoms with Crippen molar-refractivity contribution in [2.75, 3.05) is 18.5 Å². The Bertz CT molecular complexity index is 993. The third kappa shape index (κ3) is 5.94. The van der Waals surface area contributed by atoms with E-state index in [1.165, 1.54) is 0 Å². The summed E-state index contributed by atoms with van der Waals surface area (Å²) in [7, 11) is 0. The van der Waals surface area contributed by atoms with Gasteiger partial charge in [0.25, 0.3) is 5.91 Å². The Morgan fingerprint density at radius 2 is 1.90 bits per heavy atom. The summed E-state index contributed by atoms with van der Waals surface area (Å²) in [6.07, 6.45) is 0.642. The van der Waals surface area contributed by atoms with Crippen molar-refractivity contribution in [3.8, 4) is 0 Å². The van der Waals surface area contributed by atoms with Gasteiger partial charge in [-0.1, -0.05) is 34.2 Å². The lowest BCUT2D eigenvalue weighted by molar-refractivity contribution is -0.126. The first-order valence-corrected chi connectivity index (χ1v) is 10.2. The van der Waals surface area contributed by atoms with Gasteiger partial charge in [0.2, 0.25) is 10.9 Å². The molecule has 2 aromatic heterocycles. The van der Waals surface area contributed by atoms with Crippen LogP contribution in [0.1, 0.15) is 37.4 Å². The summed E-state index contributed by atoms with van der Waals surface area (Å²) in [5, 5.41) is 18.0. The molecule has 2 amide bonds. The minimum Gasteiger partial charge on any atom is -0.364 e. The van der Waals surface area contributed by atoms with Crippen LogP contribution in [0.4, 0.5) is 5.69 Å². The molecule has 0 saturated carbocycles. The van der Waals surface area contributed by atoms with E-state index in [1.54, 1.807) is 0 Å². The van der Waals surface area contributed by atoms with Crippen LogP contribution >= 0.6 is 11.3 Å². The van der Waals surface area contributed by atoms with Gasteiger partial charge in [-0.25, -0.2) is 0 Å². The summed E-state index contributed by atoms with van der Waals surface area (Å²) >= 11 is 1.13. The van der Waals surface area contributed by atoms with E-state index in [-0.39, 0.29) is 30.0 Å². The smallest absolute Gasteiger partial charge is 0.286 e. The Kier molecular flexibility index (Phi) is 7.26. The van der Waals surface area contributed by atoms with Gasteiger partial charge in [0.15, 0.2) is 0 Å². The number of aromatic nitrogens is 3. The molecular formula is C20H23N5O4S. The van der Waals surface area contributed by atoms with E-state index < -0.39 is 0 Å². The molecule has 3 rings (SSSR count). The van der Waals surface area contributed by atoms with Crippen molar-refractivity contribution in [1.82, 2.24) is 20.7 Å². The highest BCUT2D eigenvalue weighted by molar-refractivity contribution is 7.13. The summed E-state index contributed by atoms with van der Waals surface area (Å²) in [4.78, 5) is 24.1. The van der Waals surface area contributed by atoms with Crippen LogP contribution in [-0.2, 0) is 22.6 Å². The van der Waals surface area contributed by atoms with Gasteiger partial charge >= 0.3 is 0 Å². The fourth-order valence-electron chi connectivity index (χ4n) is 2.69. The van der Waals surface area contributed by atoms with Gasteiger partial charge in [-0.05, 0) is 39.3 Å². The Morgan fingerprint density at radius 1 is 1.13 bits per heavy atom. The van der Waals surface area contributed by atoms with Gasteiger partial charge < -0.3 is 19.9 Å². The lowest BCUT2D eigenvalue weighted by atomic mass is 10.1. The van der Waals surface area contributed by atoms with Crippen LogP contribution in [-0.4, -0.2) is 40.3 Å². The monoisotopic (exact) mass is 429 g/mol. The third-order valence-corrected chi connectivity index (χ3v) is 5.20. The summed E-state index contributed by atoms with van der Waals surface area (Å²) in [6.45, 7) is 6.15. The van der Waals surface area contributed by atoms with Crippen LogP contribution in [0.2, 0.25) is 0 Å². The maximum absolute atomic E-state index is 12.2. The largest absolute Gasteiger partial charge is 0.364 e. The zero-order chi connectivity index (χ0) is 21.5. The average molecular weight is 430 g/mol. The normalized spacial score (nSPS) is 10.8. The van der Waals surface area contributed by atoms with Gasteiger partial charge in [0.05, 0.1) is 5.69 Å². The number of carbonyl (C=O) groups excluding carboxylic acids is 2. The molecule has 158 valence electrons. The molecule has 0 radical (unpaired) electrons. The second kappa shape index (κ2) is 10.1. The number of hydrogen-bond donors (Lipinski definition) is 2. The lowest BCUT2D eigenvalue weighted by Crippen LogP contribution is -2.29. The van der Waals surface area contributed by atoms with Crippen LogP contribution in [0.15, 0.2) is 28.8 Å². The molecule has 9 nitrogen and oxygen atoms in total. The Hall–Kier alpha value is -3.11. The molecule has 0 aliphatic carbocycles. The van der Waals surface area contributed by atoms with Crippen LogP contribution in [0.3, 0.4) is 0 Å². The third-order valence-electron chi connectivity index (χ3n) is 4.31. The fourth-order valence-corrected chi connectivity index (χ4v) is 3.37. The maximum atomic E-state index is 12.2. The number of benzene rings is 1. The van der Waals surface area contributed by atoms with E-state index in [0.717, 1.165) is 33.9 Å². The molecule has 2 heterocycles. The number of carbonyl (C=O) groups is 2. The maximum Gasteiger partial charge on any atom is 0.286 e. The Balaban J connectivity index is 1.38. The second-order valence-corrected chi connectivity index (χ2v) is 7.78. The lowest BCUT2D eigenvalue weighted by Gasteiger charge is -2.05. The number of nitrogens with zero attached hydrogens (tertiary/aromatic N) is 3. The zero-order valence-corrected chi connectivity index (χ0v) is 17.8. The molecule has 3 aromatic rings. The Labute approximate surface area is 177 Å². The van der Waals surface area contributed by atoms with E-state index in [9.17, 15) is 9.59 Å². The molecule has 0 bridgehead atoms. The number of ether oxygens (including phenoxy) is 1. The molecule has 2 N–H and O–H groups in total. The molecule has 1 aromatic carbocycles. The highest BCUT2D eigenvalue weighted by atomic mass is 32.1. The molecule has 0 unspecified atom stereocenters. The van der Waals surface area contributed by atoms with E-state index in [1.807, 2.05) is 45.0 Å². The number of anilines is 1. The predicted molar refractivity (Wildman–Crippen MR) is 111 cm³/mol. The van der Waals surface area contributed by atoms with Crippen molar-refractivity contribution in [2.24, 2.45) is 0 Å². The molecule has 0 spiro atoms. The average Bonchev–Trinajstić information content (AvgIpc) is 3.31. The molecule has 0 atom stereocenters. The first-order valence-electron chi connectivity index (χ1n) is 9.39. The van der Waals surface area contributed by atoms with E-state index >= 15 is 0 Å². The molecule has 10 heteroatoms. The second-order valence-electron chi connectivity index (χ2n) is 6.72. The first-order chi connectivity index (χ1) is 14.4. The predicted octanol–water partition coefficient (Wildman–Crippen LogP) is 2.58. The van der Waals surface area contributed by atoms with Crippen molar-refractivity contribution in [3.05, 3.63) is 56.9 Å². The number of amides is 2. The van der Waals surface area contributed by atoms with Gasteiger partial charge in [-0.3, -0.25) is 9.59 Å². The SMILES string of the molecule is Cc1ccc(NC(=O)c2nnc(COCC(=O)NCCc3c(C)noc3C)s2)cc1. The van der Waals surface area contributed by atoms with Crippen LogP contribution in [0.25, 0.3) is 0 Å². The fraction of sp³-hybridized carbons (Fsp3) is 0.350. The first kappa shape index (κ1) is 21.6. The summed E-state index contributed by atoms with van der Waals surface area (Å²) in [6, 6.07) is 7.47. The quantitative estimate of drug-likeness (QED) is 0.536. The molecule has 0 aliphatic heterocycles. The molecular weight excluding hydrogens is 406 g/mol. The summed E-state index contributed by atoms with van der Waals surface area (Å²) < 4.78 is 10.5. The van der Waals surface area contributed by atoms with Crippen LogP contribution in [0, 0.1) is 20.8 Å². The van der Waals surface area contributed by atoms with Crippen LogP contribution in [0.5, 0.6) is 0 Å². The summed E-state index contributed by atoms with van der Waals surface area (Å²) in [5.41, 5.74) is 3.63. The number of rotatable bonds is 9. The standard InChI is InChI=1S/C20H23N5O4S/c1-12-4-6-15(7-5-12)22-19(27)20-24-23-18(30-20)11-28-10-17(26)21-9-8-16-13(2)25-29-14(16)3/h4-7H,8-11H2,1-3H3,(H,21,26)(H,22,27). The molecule has 0 fully saturated rings. The molecule has 30 heavy (non-hydrogen) atoms. The van der Waals surface area contributed by atoms with Crippen molar-refractivity contribution in [2.45, 2.75) is 33.8 Å². The molecule has 0 saturated heterocycles. The van der Waals surface area contributed by atoms with E-state index in [2.05, 4.69) is 26.0 Å². The van der Waals surface area contributed by atoms with E-state index in [4.69, 9.17) is 9.26 Å². The topological polar surface area (TPSA) is 119 Å². The summed E-state index contributed by atoms with van der Waals surface area (Å²) in [5.74, 6) is 0.194. The van der Waals surface area contributed by atoms with Crippen molar-refractivity contribution in [3.63, 3.8) is 0 Å². The highest BCUT2D eigenvalue weighted by Gasteiger charge is 2.14. The number of aryl methyl sites for hydroxylation is 3. The van der Waals surface area contributed by atoms with Gasteiger partial charge in [0, 0.05) is 17.8 Å². The highest BCUT2D eigenvalue weighted by Crippen LogP contribution is 2.15. The zero-order valence-electron chi connectivity index (χ0n) is 17.0. The van der Waals surface area contributed by atoms with Crippen LogP contribution < -0.4 is 10.6 Å². The van der Waals surface area contributed by atoms with Crippen molar-refractivity contribution < 1.29 is 18.8 Å². The van der Waals surface area contributed by atoms with Gasteiger partial charge in [-0.2, -0.15) is 0 Å².